The number of benzene rings is 2. The standard InChI is InChI=1S/C23H21ClF4N4S/c24-18-11-21(33-32-22-8-9-29-13-30-22)19(25)12-20(18)31-17-6-4-14(5-7-17)15-2-1-3-16(10-15)23(26,27)28/h1-3,8-14,17,31H,4-7H2,(H,29,30,32). The van der Waals surface area contributed by atoms with Gasteiger partial charge in [-0.25, -0.2) is 14.4 Å². The lowest BCUT2D eigenvalue weighted by molar-refractivity contribution is -0.137. The molecule has 174 valence electrons. The Morgan fingerprint density at radius 1 is 1.03 bits per heavy atom. The molecule has 4 rings (SSSR count). The van der Waals surface area contributed by atoms with E-state index in [0.29, 0.717) is 27.0 Å². The molecule has 0 unspecified atom stereocenters. The van der Waals surface area contributed by atoms with Gasteiger partial charge >= 0.3 is 6.18 Å². The molecule has 1 saturated carbocycles. The van der Waals surface area contributed by atoms with Crippen LogP contribution in [0.4, 0.5) is 29.1 Å². The maximum absolute atomic E-state index is 14.6. The summed E-state index contributed by atoms with van der Waals surface area (Å²) >= 11 is 7.45. The number of nitrogens with zero attached hydrogens (tertiary/aromatic N) is 2. The highest BCUT2D eigenvalue weighted by molar-refractivity contribution is 8.00. The number of aromatic nitrogens is 2. The summed E-state index contributed by atoms with van der Waals surface area (Å²) in [5, 5.41) is 3.69. The normalized spacial score (nSPS) is 18.7. The van der Waals surface area contributed by atoms with Crippen molar-refractivity contribution in [2.75, 3.05) is 10.0 Å². The van der Waals surface area contributed by atoms with Gasteiger partial charge in [0.1, 0.15) is 18.0 Å². The highest BCUT2D eigenvalue weighted by atomic mass is 35.5. The number of halogens is 5. The molecule has 0 spiro atoms. The second-order valence-electron chi connectivity index (χ2n) is 7.88. The third-order valence-electron chi connectivity index (χ3n) is 5.64. The van der Waals surface area contributed by atoms with E-state index in [0.717, 1.165) is 43.7 Å². The van der Waals surface area contributed by atoms with Crippen molar-refractivity contribution < 1.29 is 17.6 Å². The summed E-state index contributed by atoms with van der Waals surface area (Å²) < 4.78 is 56.6. The molecular weight excluding hydrogens is 476 g/mol. The average Bonchev–Trinajstić information content (AvgIpc) is 2.81. The van der Waals surface area contributed by atoms with Gasteiger partial charge in [-0.05, 0) is 73.4 Å². The van der Waals surface area contributed by atoms with Crippen molar-refractivity contribution in [3.63, 3.8) is 0 Å². The van der Waals surface area contributed by atoms with Crippen molar-refractivity contribution in [3.05, 3.63) is 77.0 Å². The van der Waals surface area contributed by atoms with E-state index in [2.05, 4.69) is 20.0 Å². The SMILES string of the molecule is Fc1cc(NC2CCC(c3cccc(C(F)(F)F)c3)CC2)c(Cl)cc1SNc1ccncn1. The summed E-state index contributed by atoms with van der Waals surface area (Å²) in [4.78, 5) is 8.18. The molecule has 1 fully saturated rings. The molecule has 10 heteroatoms. The molecule has 33 heavy (non-hydrogen) atoms. The Bertz CT molecular complexity index is 1090. The minimum Gasteiger partial charge on any atom is -0.381 e. The van der Waals surface area contributed by atoms with E-state index >= 15 is 0 Å². The van der Waals surface area contributed by atoms with Crippen LogP contribution >= 0.6 is 23.5 Å². The molecule has 1 heterocycles. The van der Waals surface area contributed by atoms with Crippen molar-refractivity contribution in [1.29, 1.82) is 0 Å². The Morgan fingerprint density at radius 3 is 2.52 bits per heavy atom. The van der Waals surface area contributed by atoms with Crippen LogP contribution < -0.4 is 10.0 Å². The van der Waals surface area contributed by atoms with Gasteiger partial charge in [0, 0.05) is 12.2 Å². The van der Waals surface area contributed by atoms with Crippen LogP contribution in [0.2, 0.25) is 5.02 Å². The number of nitrogens with one attached hydrogen (secondary N) is 2. The van der Waals surface area contributed by atoms with Gasteiger partial charge in [-0.1, -0.05) is 29.8 Å². The van der Waals surface area contributed by atoms with Gasteiger partial charge in [-0.2, -0.15) is 13.2 Å². The lowest BCUT2D eigenvalue weighted by atomic mass is 9.81. The Hall–Kier alpha value is -2.52. The van der Waals surface area contributed by atoms with Crippen LogP contribution in [0.3, 0.4) is 0 Å². The van der Waals surface area contributed by atoms with E-state index < -0.39 is 17.6 Å². The zero-order valence-corrected chi connectivity index (χ0v) is 18.9. The second kappa shape index (κ2) is 10.2. The predicted molar refractivity (Wildman–Crippen MR) is 123 cm³/mol. The Balaban J connectivity index is 1.35. The van der Waals surface area contributed by atoms with Gasteiger partial charge < -0.3 is 10.0 Å². The van der Waals surface area contributed by atoms with Gasteiger partial charge in [-0.3, -0.25) is 0 Å². The summed E-state index contributed by atoms with van der Waals surface area (Å²) in [6.07, 6.45) is 1.63. The minimum atomic E-state index is -4.34. The smallest absolute Gasteiger partial charge is 0.381 e. The molecule has 1 aliphatic carbocycles. The van der Waals surface area contributed by atoms with Crippen LogP contribution in [-0.4, -0.2) is 16.0 Å². The summed E-state index contributed by atoms with van der Waals surface area (Å²) in [7, 11) is 0. The van der Waals surface area contributed by atoms with E-state index in [1.807, 2.05) is 0 Å². The summed E-state index contributed by atoms with van der Waals surface area (Å²) in [5.41, 5.74) is 0.600. The lowest BCUT2D eigenvalue weighted by Crippen LogP contribution is -2.25. The molecule has 2 N–H and O–H groups in total. The van der Waals surface area contributed by atoms with E-state index in [4.69, 9.17) is 11.6 Å². The van der Waals surface area contributed by atoms with Crippen molar-refractivity contribution in [2.24, 2.45) is 0 Å². The van der Waals surface area contributed by atoms with E-state index in [1.54, 1.807) is 24.4 Å². The molecule has 1 aliphatic rings. The summed E-state index contributed by atoms with van der Waals surface area (Å²) in [6, 6.07) is 10.2. The Morgan fingerprint density at radius 2 is 1.82 bits per heavy atom. The molecule has 0 amide bonds. The number of hydrogen-bond donors (Lipinski definition) is 2. The van der Waals surface area contributed by atoms with Crippen LogP contribution in [-0.2, 0) is 6.18 Å². The average molecular weight is 497 g/mol. The molecule has 0 atom stereocenters. The predicted octanol–water partition coefficient (Wildman–Crippen LogP) is 7.55. The molecule has 3 aromatic rings. The molecular formula is C23H21ClF4N4S. The third-order valence-corrected chi connectivity index (χ3v) is 6.80. The number of anilines is 2. The molecule has 0 aliphatic heterocycles. The number of hydrogen-bond acceptors (Lipinski definition) is 5. The zero-order chi connectivity index (χ0) is 23.4. The topological polar surface area (TPSA) is 49.8 Å². The maximum Gasteiger partial charge on any atom is 0.416 e. The Kier molecular flexibility index (Phi) is 7.29. The van der Waals surface area contributed by atoms with Gasteiger partial charge in [0.05, 0.1) is 21.2 Å². The fourth-order valence-corrected chi connectivity index (χ4v) is 4.89. The largest absolute Gasteiger partial charge is 0.416 e. The highest BCUT2D eigenvalue weighted by Crippen LogP contribution is 2.38. The third kappa shape index (κ3) is 6.09. The quantitative estimate of drug-likeness (QED) is 0.272. The monoisotopic (exact) mass is 496 g/mol. The minimum absolute atomic E-state index is 0.0709. The first kappa shape index (κ1) is 23.6. The first-order chi connectivity index (χ1) is 15.8. The highest BCUT2D eigenvalue weighted by Gasteiger charge is 2.31. The molecule has 2 aromatic carbocycles. The van der Waals surface area contributed by atoms with E-state index in [9.17, 15) is 17.6 Å². The first-order valence-electron chi connectivity index (χ1n) is 10.4. The molecule has 0 saturated heterocycles. The fraction of sp³-hybridized carbons (Fsp3) is 0.304. The van der Waals surface area contributed by atoms with E-state index in [-0.39, 0.29) is 12.0 Å². The molecule has 1 aromatic heterocycles. The lowest BCUT2D eigenvalue weighted by Gasteiger charge is -2.30. The van der Waals surface area contributed by atoms with Crippen molar-refractivity contribution >= 4 is 35.1 Å². The van der Waals surface area contributed by atoms with Gasteiger partial charge in [0.15, 0.2) is 0 Å². The maximum atomic E-state index is 14.6. The number of rotatable bonds is 6. The molecule has 4 nitrogen and oxygen atoms in total. The van der Waals surface area contributed by atoms with Gasteiger partial charge in [0.25, 0.3) is 0 Å². The van der Waals surface area contributed by atoms with Crippen LogP contribution in [0.5, 0.6) is 0 Å². The summed E-state index contributed by atoms with van der Waals surface area (Å²) in [6.45, 7) is 0. The zero-order valence-electron chi connectivity index (χ0n) is 17.4. The summed E-state index contributed by atoms with van der Waals surface area (Å²) in [5.74, 6) is 0.195. The molecule has 0 radical (unpaired) electrons. The van der Waals surface area contributed by atoms with Gasteiger partial charge in [-0.15, -0.1) is 0 Å². The van der Waals surface area contributed by atoms with Gasteiger partial charge in [0.2, 0.25) is 0 Å². The van der Waals surface area contributed by atoms with Crippen LogP contribution in [0.25, 0.3) is 0 Å². The van der Waals surface area contributed by atoms with Crippen molar-refractivity contribution in [1.82, 2.24) is 9.97 Å². The molecule has 0 bridgehead atoms. The second-order valence-corrected chi connectivity index (χ2v) is 9.13. The number of alkyl halides is 3. The van der Waals surface area contributed by atoms with E-state index in [1.165, 1.54) is 24.5 Å². The van der Waals surface area contributed by atoms with Crippen LogP contribution in [0.15, 0.2) is 59.9 Å². The van der Waals surface area contributed by atoms with Crippen LogP contribution in [0, 0.1) is 5.82 Å². The van der Waals surface area contributed by atoms with Crippen molar-refractivity contribution in [2.45, 2.75) is 48.7 Å². The van der Waals surface area contributed by atoms with Crippen LogP contribution in [0.1, 0.15) is 42.7 Å². The Labute approximate surface area is 198 Å². The first-order valence-corrected chi connectivity index (χ1v) is 11.6. The van der Waals surface area contributed by atoms with Crippen molar-refractivity contribution in [3.8, 4) is 0 Å². The fourth-order valence-electron chi connectivity index (χ4n) is 3.94.